The molecule has 0 unspecified atom stereocenters. The molecule has 2 heterocycles. The zero-order valence-corrected chi connectivity index (χ0v) is 16.1. The van der Waals surface area contributed by atoms with Gasteiger partial charge in [-0.15, -0.1) is 12.4 Å². The van der Waals surface area contributed by atoms with Gasteiger partial charge in [-0.1, -0.05) is 0 Å². The summed E-state index contributed by atoms with van der Waals surface area (Å²) in [5, 5.41) is 3.05. The number of rotatable bonds is 8. The van der Waals surface area contributed by atoms with Gasteiger partial charge < -0.3 is 20.7 Å². The number of anilines is 1. The van der Waals surface area contributed by atoms with Crippen LogP contribution in [0.1, 0.15) is 32.1 Å². The fourth-order valence-electron chi connectivity index (χ4n) is 3.05. The molecule has 1 atom stereocenters. The molecule has 1 aliphatic carbocycles. The molecule has 0 spiro atoms. The Labute approximate surface area is 165 Å². The van der Waals surface area contributed by atoms with Crippen molar-refractivity contribution in [3.05, 3.63) is 24.3 Å². The molecular weight excluding hydrogens is 373 g/mol. The van der Waals surface area contributed by atoms with Crippen molar-refractivity contribution in [1.82, 2.24) is 15.3 Å². The predicted molar refractivity (Wildman–Crippen MR) is 104 cm³/mol. The predicted octanol–water partition coefficient (Wildman–Crippen LogP) is 1.97. The molecule has 0 bridgehead atoms. The lowest BCUT2D eigenvalue weighted by Gasteiger charge is -2.32. The van der Waals surface area contributed by atoms with Crippen molar-refractivity contribution >= 4 is 24.3 Å². The van der Waals surface area contributed by atoms with Crippen LogP contribution in [0.15, 0.2) is 24.3 Å². The van der Waals surface area contributed by atoms with E-state index in [0.29, 0.717) is 42.0 Å². The quantitative estimate of drug-likeness (QED) is 0.694. The van der Waals surface area contributed by atoms with Crippen LogP contribution < -0.4 is 20.7 Å². The number of nitrogens with one attached hydrogen (secondary N) is 1. The number of aromatic nitrogens is 2. The van der Waals surface area contributed by atoms with E-state index in [-0.39, 0.29) is 31.5 Å². The molecule has 1 saturated carbocycles. The lowest BCUT2D eigenvalue weighted by Crippen LogP contribution is -2.39. The summed E-state index contributed by atoms with van der Waals surface area (Å²) < 4.78 is 17.9. The van der Waals surface area contributed by atoms with Crippen molar-refractivity contribution in [3.8, 4) is 5.75 Å². The Morgan fingerprint density at radius 3 is 2.74 bits per heavy atom. The summed E-state index contributed by atoms with van der Waals surface area (Å²) in [6.45, 7) is 1.85. The Balaban J connectivity index is 0.00000261. The summed E-state index contributed by atoms with van der Waals surface area (Å²) in [4.78, 5) is 22.8. The fraction of sp³-hybridized carbons (Fsp3) is 0.611. The third-order valence-electron chi connectivity index (χ3n) is 4.67. The lowest BCUT2D eigenvalue weighted by molar-refractivity contribution is -0.122. The van der Waals surface area contributed by atoms with Crippen LogP contribution in [-0.4, -0.2) is 48.2 Å². The smallest absolute Gasteiger partial charge is 0.225 e. The van der Waals surface area contributed by atoms with Gasteiger partial charge in [-0.3, -0.25) is 4.79 Å². The minimum absolute atomic E-state index is 0. The monoisotopic (exact) mass is 399 g/mol. The Morgan fingerprint density at radius 2 is 2.11 bits per heavy atom. The maximum Gasteiger partial charge on any atom is 0.225 e. The molecule has 2 fully saturated rings. The van der Waals surface area contributed by atoms with Gasteiger partial charge in [0.1, 0.15) is 6.61 Å². The van der Waals surface area contributed by atoms with E-state index in [2.05, 4.69) is 20.2 Å². The summed E-state index contributed by atoms with van der Waals surface area (Å²) in [7, 11) is 0. The number of nitrogens with two attached hydrogens (primary N) is 1. The zero-order chi connectivity index (χ0) is 18.4. The van der Waals surface area contributed by atoms with Crippen LogP contribution in [-0.2, 0) is 4.79 Å². The third-order valence-corrected chi connectivity index (χ3v) is 4.67. The molecule has 1 saturated heterocycles. The molecule has 1 aliphatic heterocycles. The lowest BCUT2D eigenvalue weighted by atomic mass is 9.94. The van der Waals surface area contributed by atoms with Gasteiger partial charge in [0.25, 0.3) is 0 Å². The molecule has 9 heteroatoms. The molecule has 1 aromatic rings. The number of piperidine rings is 1. The first kappa shape index (κ1) is 21.4. The van der Waals surface area contributed by atoms with Gasteiger partial charge in [-0.2, -0.15) is 0 Å². The molecule has 3 rings (SSSR count). The van der Waals surface area contributed by atoms with E-state index in [0.717, 1.165) is 38.8 Å². The van der Waals surface area contributed by atoms with E-state index in [9.17, 15) is 9.18 Å². The van der Waals surface area contributed by atoms with Gasteiger partial charge in [0.05, 0.1) is 18.7 Å². The van der Waals surface area contributed by atoms with E-state index >= 15 is 0 Å². The first-order chi connectivity index (χ1) is 12.7. The summed E-state index contributed by atoms with van der Waals surface area (Å²) in [5.41, 5.74) is 5.76. The molecule has 1 aromatic heterocycles. The van der Waals surface area contributed by atoms with Gasteiger partial charge >= 0.3 is 0 Å². The summed E-state index contributed by atoms with van der Waals surface area (Å²) in [5.74, 6) is 1.58. The highest BCUT2D eigenvalue weighted by molar-refractivity contribution is 5.85. The van der Waals surface area contributed by atoms with Crippen LogP contribution in [0.3, 0.4) is 0 Å². The van der Waals surface area contributed by atoms with Crippen LogP contribution in [0.25, 0.3) is 0 Å². The van der Waals surface area contributed by atoms with E-state index in [1.165, 1.54) is 0 Å². The highest BCUT2D eigenvalue weighted by atomic mass is 35.5. The minimum Gasteiger partial charge on any atom is -0.486 e. The summed E-state index contributed by atoms with van der Waals surface area (Å²) in [6, 6.07) is 0.407. The zero-order valence-electron chi connectivity index (χ0n) is 15.3. The molecule has 7 nitrogen and oxygen atoms in total. The topological polar surface area (TPSA) is 93.4 Å². The molecule has 0 aromatic carbocycles. The van der Waals surface area contributed by atoms with Gasteiger partial charge in [0.2, 0.25) is 11.9 Å². The number of hydrogen-bond donors (Lipinski definition) is 2. The van der Waals surface area contributed by atoms with Crippen LogP contribution in [0.2, 0.25) is 0 Å². The van der Waals surface area contributed by atoms with E-state index < -0.39 is 0 Å². The Kier molecular flexibility index (Phi) is 8.24. The number of carbonyl (C=O) groups excluding carboxylic acids is 1. The molecule has 3 N–H and O–H groups in total. The van der Waals surface area contributed by atoms with Crippen molar-refractivity contribution in [2.75, 3.05) is 31.1 Å². The van der Waals surface area contributed by atoms with E-state index in [1.54, 1.807) is 12.4 Å². The maximum atomic E-state index is 12.5. The number of hydrogen-bond acceptors (Lipinski definition) is 6. The van der Waals surface area contributed by atoms with Gasteiger partial charge in [-0.05, 0) is 31.6 Å². The second-order valence-corrected chi connectivity index (χ2v) is 6.98. The normalized spacial score (nSPS) is 20.0. The first-order valence-corrected chi connectivity index (χ1v) is 9.15. The van der Waals surface area contributed by atoms with Crippen molar-refractivity contribution in [2.45, 2.75) is 38.1 Å². The number of nitrogens with zero attached hydrogens (tertiary/aromatic N) is 3. The standard InChI is InChI=1S/C18H26FN5O2.ClH/c19-7-14(8-20)12-26-16-9-21-18(22-10-16)24-5-1-2-13(11-24)6-17(25)23-15-3-4-15;/h7,9-10,13,15H,1-6,8,11-12,20H2,(H,23,25);1H/b14-7+;/t13-;/m0./s1. The average Bonchev–Trinajstić information content (AvgIpc) is 3.47. The first-order valence-electron chi connectivity index (χ1n) is 9.15. The SMILES string of the molecule is Cl.NC/C(=C\F)COc1cnc(N2CCC[C@@H](CC(=O)NC3CC3)C2)nc1. The van der Waals surface area contributed by atoms with Crippen molar-refractivity contribution < 1.29 is 13.9 Å². The second kappa shape index (κ2) is 10.4. The third kappa shape index (κ3) is 6.62. The number of ether oxygens (including phenoxy) is 1. The molecular formula is C18H27ClFN5O2. The largest absolute Gasteiger partial charge is 0.486 e. The Morgan fingerprint density at radius 1 is 1.37 bits per heavy atom. The summed E-state index contributed by atoms with van der Waals surface area (Å²) >= 11 is 0. The molecule has 1 amide bonds. The molecule has 0 radical (unpaired) electrons. The average molecular weight is 400 g/mol. The van der Waals surface area contributed by atoms with Crippen LogP contribution in [0.5, 0.6) is 5.75 Å². The molecule has 150 valence electrons. The Bertz CT molecular complexity index is 639. The minimum atomic E-state index is 0. The van der Waals surface area contributed by atoms with E-state index in [1.807, 2.05) is 0 Å². The van der Waals surface area contributed by atoms with Crippen molar-refractivity contribution in [2.24, 2.45) is 11.7 Å². The van der Waals surface area contributed by atoms with Gasteiger partial charge in [0, 0.05) is 37.7 Å². The molecule has 27 heavy (non-hydrogen) atoms. The number of amides is 1. The number of carbonyl (C=O) groups is 1. The van der Waals surface area contributed by atoms with Crippen molar-refractivity contribution in [1.29, 1.82) is 0 Å². The highest BCUT2D eigenvalue weighted by Crippen LogP contribution is 2.24. The number of halogens is 2. The molecule has 2 aliphatic rings. The van der Waals surface area contributed by atoms with E-state index in [4.69, 9.17) is 10.5 Å². The maximum absolute atomic E-state index is 12.5. The fourth-order valence-corrected chi connectivity index (χ4v) is 3.05. The second-order valence-electron chi connectivity index (χ2n) is 6.98. The van der Waals surface area contributed by atoms with Gasteiger partial charge in [0.15, 0.2) is 5.75 Å². The Hall–Kier alpha value is -1.93. The van der Waals surface area contributed by atoms with Crippen LogP contribution in [0, 0.1) is 5.92 Å². The van der Waals surface area contributed by atoms with Crippen LogP contribution in [0.4, 0.5) is 10.3 Å². The van der Waals surface area contributed by atoms with Crippen LogP contribution >= 0.6 is 12.4 Å². The van der Waals surface area contributed by atoms with Crippen molar-refractivity contribution in [3.63, 3.8) is 0 Å². The van der Waals surface area contributed by atoms with Gasteiger partial charge in [-0.25, -0.2) is 14.4 Å². The summed E-state index contributed by atoms with van der Waals surface area (Å²) in [6.07, 6.45) is 8.47. The highest BCUT2D eigenvalue weighted by Gasteiger charge is 2.27.